The minimum atomic E-state index is 0.580. The van der Waals surface area contributed by atoms with E-state index in [4.69, 9.17) is 9.94 Å². The van der Waals surface area contributed by atoms with Crippen LogP contribution in [-0.2, 0) is 0 Å². The highest BCUT2D eigenvalue weighted by Crippen LogP contribution is 2.19. The number of nitrogens with zero attached hydrogens (tertiary/aromatic N) is 1. The second-order valence-corrected chi connectivity index (χ2v) is 4.44. The molecule has 0 spiro atoms. The van der Waals surface area contributed by atoms with Crippen LogP contribution in [0.25, 0.3) is 0 Å². The second-order valence-electron chi connectivity index (χ2n) is 4.44. The third-order valence-electron chi connectivity index (χ3n) is 2.93. The van der Waals surface area contributed by atoms with Crippen LogP contribution in [0.5, 0.6) is 5.75 Å². The number of unbranched alkanes of at least 4 members (excludes halogenated alkanes) is 4. The van der Waals surface area contributed by atoms with Crippen molar-refractivity contribution in [2.45, 2.75) is 46.0 Å². The van der Waals surface area contributed by atoms with Gasteiger partial charge in [-0.2, -0.15) is 0 Å². The molecule has 0 heterocycles. The molecule has 100 valence electrons. The number of rotatable bonds is 8. The van der Waals surface area contributed by atoms with Gasteiger partial charge in [0.05, 0.1) is 12.3 Å². The number of oxime groups is 1. The lowest BCUT2D eigenvalue weighted by Crippen LogP contribution is -2.03. The molecule has 0 aliphatic carbocycles. The Bertz CT molecular complexity index is 375. The lowest BCUT2D eigenvalue weighted by molar-refractivity contribution is 0.302. The van der Waals surface area contributed by atoms with Crippen LogP contribution in [0.1, 0.15) is 51.5 Å². The van der Waals surface area contributed by atoms with Gasteiger partial charge in [-0.05, 0) is 25.5 Å². The Morgan fingerprint density at radius 3 is 2.61 bits per heavy atom. The molecule has 0 aromatic heterocycles. The average molecular weight is 249 g/mol. The van der Waals surface area contributed by atoms with Gasteiger partial charge < -0.3 is 9.94 Å². The number of hydrogen-bond acceptors (Lipinski definition) is 3. The van der Waals surface area contributed by atoms with Crippen LogP contribution in [-0.4, -0.2) is 17.5 Å². The Hall–Kier alpha value is -1.51. The van der Waals surface area contributed by atoms with Gasteiger partial charge in [-0.15, -0.1) is 0 Å². The largest absolute Gasteiger partial charge is 0.493 e. The summed E-state index contributed by atoms with van der Waals surface area (Å²) in [6.07, 6.45) is 6.12. The van der Waals surface area contributed by atoms with Crippen molar-refractivity contribution >= 4 is 5.71 Å². The minimum absolute atomic E-state index is 0.580. The van der Waals surface area contributed by atoms with E-state index in [0.29, 0.717) is 5.71 Å². The van der Waals surface area contributed by atoms with Gasteiger partial charge in [0, 0.05) is 5.56 Å². The van der Waals surface area contributed by atoms with Crippen LogP contribution in [0.4, 0.5) is 0 Å². The Kier molecular flexibility index (Phi) is 6.92. The van der Waals surface area contributed by atoms with Crippen LogP contribution in [0.3, 0.4) is 0 Å². The van der Waals surface area contributed by atoms with E-state index in [-0.39, 0.29) is 0 Å². The van der Waals surface area contributed by atoms with E-state index in [0.717, 1.165) is 24.3 Å². The summed E-state index contributed by atoms with van der Waals surface area (Å²) in [5.74, 6) is 0.795. The molecule has 0 amide bonds. The van der Waals surface area contributed by atoms with Gasteiger partial charge in [-0.25, -0.2) is 0 Å². The molecule has 1 N–H and O–H groups in total. The predicted octanol–water partition coefficient (Wildman–Crippen LogP) is 4.23. The van der Waals surface area contributed by atoms with Crippen LogP contribution < -0.4 is 4.74 Å². The van der Waals surface area contributed by atoms with Crippen molar-refractivity contribution in [2.75, 3.05) is 6.61 Å². The maximum atomic E-state index is 8.81. The summed E-state index contributed by atoms with van der Waals surface area (Å²) in [5, 5.41) is 12.0. The third kappa shape index (κ3) is 4.78. The van der Waals surface area contributed by atoms with Gasteiger partial charge in [0.2, 0.25) is 0 Å². The smallest absolute Gasteiger partial charge is 0.128 e. The van der Waals surface area contributed by atoms with Crippen LogP contribution >= 0.6 is 0 Å². The van der Waals surface area contributed by atoms with E-state index >= 15 is 0 Å². The van der Waals surface area contributed by atoms with Crippen molar-refractivity contribution in [2.24, 2.45) is 5.16 Å². The standard InChI is InChI=1S/C15H23NO2/c1-3-4-5-6-9-12-18-15-11-8-7-10-14(15)13(2)16-17/h7-8,10-11,17H,3-6,9,12H2,1-2H3/b16-13+. The van der Waals surface area contributed by atoms with Crippen molar-refractivity contribution in [1.29, 1.82) is 0 Å². The maximum Gasteiger partial charge on any atom is 0.128 e. The topological polar surface area (TPSA) is 41.8 Å². The summed E-state index contributed by atoms with van der Waals surface area (Å²) in [6, 6.07) is 7.66. The summed E-state index contributed by atoms with van der Waals surface area (Å²) in [5.41, 5.74) is 1.44. The molecule has 1 rings (SSSR count). The second kappa shape index (κ2) is 8.56. The SMILES string of the molecule is CCCCCCCOc1ccccc1/C(C)=N/O. The van der Waals surface area contributed by atoms with Crippen molar-refractivity contribution in [3.05, 3.63) is 29.8 Å². The van der Waals surface area contributed by atoms with E-state index in [9.17, 15) is 0 Å². The van der Waals surface area contributed by atoms with E-state index in [1.165, 1.54) is 25.7 Å². The summed E-state index contributed by atoms with van der Waals surface area (Å²) < 4.78 is 5.75. The molecule has 3 nitrogen and oxygen atoms in total. The Morgan fingerprint density at radius 1 is 1.17 bits per heavy atom. The Balaban J connectivity index is 2.42. The van der Waals surface area contributed by atoms with Gasteiger partial charge in [0.15, 0.2) is 0 Å². The van der Waals surface area contributed by atoms with Crippen molar-refractivity contribution in [1.82, 2.24) is 0 Å². The molecule has 18 heavy (non-hydrogen) atoms. The molecule has 0 saturated carbocycles. The molecule has 1 aromatic rings. The molecular weight excluding hydrogens is 226 g/mol. The van der Waals surface area contributed by atoms with Crippen molar-refractivity contribution < 1.29 is 9.94 Å². The van der Waals surface area contributed by atoms with E-state index < -0.39 is 0 Å². The summed E-state index contributed by atoms with van der Waals surface area (Å²) in [4.78, 5) is 0. The first kappa shape index (κ1) is 14.6. The van der Waals surface area contributed by atoms with Crippen LogP contribution in [0.15, 0.2) is 29.4 Å². The lowest BCUT2D eigenvalue weighted by atomic mass is 10.1. The van der Waals surface area contributed by atoms with Gasteiger partial charge in [-0.3, -0.25) is 0 Å². The van der Waals surface area contributed by atoms with Crippen LogP contribution in [0, 0.1) is 0 Å². The zero-order valence-electron chi connectivity index (χ0n) is 11.4. The Morgan fingerprint density at radius 2 is 1.89 bits per heavy atom. The van der Waals surface area contributed by atoms with E-state index in [1.807, 2.05) is 24.3 Å². The molecule has 0 atom stereocenters. The summed E-state index contributed by atoms with van der Waals surface area (Å²) in [7, 11) is 0. The number of hydrogen-bond donors (Lipinski definition) is 1. The lowest BCUT2D eigenvalue weighted by Gasteiger charge is -2.10. The predicted molar refractivity (Wildman–Crippen MR) is 74.7 cm³/mol. The molecule has 1 aromatic carbocycles. The van der Waals surface area contributed by atoms with Crippen molar-refractivity contribution in [3.63, 3.8) is 0 Å². The first-order valence-corrected chi connectivity index (χ1v) is 6.70. The quantitative estimate of drug-likeness (QED) is 0.324. The average Bonchev–Trinajstić information content (AvgIpc) is 2.42. The molecule has 0 bridgehead atoms. The molecule has 3 heteroatoms. The van der Waals surface area contributed by atoms with E-state index in [2.05, 4.69) is 12.1 Å². The normalized spacial score (nSPS) is 11.6. The van der Waals surface area contributed by atoms with Gasteiger partial charge in [0.25, 0.3) is 0 Å². The third-order valence-corrected chi connectivity index (χ3v) is 2.93. The number of para-hydroxylation sites is 1. The fraction of sp³-hybridized carbons (Fsp3) is 0.533. The zero-order chi connectivity index (χ0) is 13.2. The highest BCUT2D eigenvalue weighted by atomic mass is 16.5. The number of benzene rings is 1. The van der Waals surface area contributed by atoms with Gasteiger partial charge in [-0.1, -0.05) is 49.9 Å². The van der Waals surface area contributed by atoms with Crippen LogP contribution in [0.2, 0.25) is 0 Å². The Labute approximate surface area is 109 Å². The molecule has 0 aliphatic rings. The minimum Gasteiger partial charge on any atom is -0.493 e. The summed E-state index contributed by atoms with van der Waals surface area (Å²) in [6.45, 7) is 4.70. The highest BCUT2D eigenvalue weighted by molar-refractivity contribution is 6.00. The monoisotopic (exact) mass is 249 g/mol. The molecule has 0 aliphatic heterocycles. The molecule has 0 saturated heterocycles. The van der Waals surface area contributed by atoms with E-state index in [1.54, 1.807) is 6.92 Å². The fourth-order valence-corrected chi connectivity index (χ4v) is 1.83. The number of ether oxygens (including phenoxy) is 1. The molecule has 0 radical (unpaired) electrons. The molecule has 0 unspecified atom stereocenters. The first-order valence-electron chi connectivity index (χ1n) is 6.70. The molecule has 0 fully saturated rings. The maximum absolute atomic E-state index is 8.81. The fourth-order valence-electron chi connectivity index (χ4n) is 1.83. The highest BCUT2D eigenvalue weighted by Gasteiger charge is 2.05. The first-order chi connectivity index (χ1) is 8.79. The van der Waals surface area contributed by atoms with Gasteiger partial charge >= 0.3 is 0 Å². The van der Waals surface area contributed by atoms with Gasteiger partial charge in [0.1, 0.15) is 5.75 Å². The summed E-state index contributed by atoms with van der Waals surface area (Å²) >= 11 is 0. The zero-order valence-corrected chi connectivity index (χ0v) is 11.4. The molecular formula is C15H23NO2. The van der Waals surface area contributed by atoms with Crippen molar-refractivity contribution in [3.8, 4) is 5.75 Å².